The zero-order valence-corrected chi connectivity index (χ0v) is 18.5. The third-order valence-electron chi connectivity index (χ3n) is 6.03. The fourth-order valence-corrected chi connectivity index (χ4v) is 3.34. The summed E-state index contributed by atoms with van der Waals surface area (Å²) < 4.78 is 42.7. The van der Waals surface area contributed by atoms with Gasteiger partial charge in [-0.05, 0) is 51.2 Å². The van der Waals surface area contributed by atoms with Gasteiger partial charge < -0.3 is 14.6 Å². The third-order valence-corrected chi connectivity index (χ3v) is 6.03. The Kier molecular flexibility index (Phi) is 6.39. The molecule has 164 valence electrons. The molecule has 2 aromatic rings. The van der Waals surface area contributed by atoms with Crippen LogP contribution in [0.4, 0.5) is 8.78 Å². The monoisotopic (exact) mass is 427 g/mol. The number of hydrogen-bond acceptors (Lipinski definition) is 3. The van der Waals surface area contributed by atoms with Crippen molar-refractivity contribution in [2.45, 2.75) is 58.3 Å². The van der Waals surface area contributed by atoms with Crippen molar-refractivity contribution in [3.8, 4) is 0 Å². The molecule has 0 bridgehead atoms. The van der Waals surface area contributed by atoms with Gasteiger partial charge in [-0.15, -0.1) is 0 Å². The van der Waals surface area contributed by atoms with E-state index in [1.807, 2.05) is 33.8 Å². The topological polar surface area (TPSA) is 47.6 Å². The zero-order chi connectivity index (χ0) is 22.9. The first-order valence-electron chi connectivity index (χ1n) is 10.3. The molecule has 1 N–H and O–H groups in total. The van der Waals surface area contributed by atoms with Gasteiger partial charge in [0.05, 0.1) is 11.2 Å². The van der Waals surface area contributed by atoms with Crippen molar-refractivity contribution in [3.05, 3.63) is 77.4 Å². The van der Waals surface area contributed by atoms with Crippen LogP contribution in [0.5, 0.6) is 0 Å². The minimum atomic E-state index is -3.75. The van der Waals surface area contributed by atoms with Gasteiger partial charge in [0.2, 0.25) is 0 Å². The van der Waals surface area contributed by atoms with Crippen molar-refractivity contribution in [2.24, 2.45) is 0 Å². The van der Waals surface area contributed by atoms with Gasteiger partial charge in [0, 0.05) is 12.1 Å². The van der Waals surface area contributed by atoms with Crippen molar-refractivity contribution >= 4 is 18.5 Å². The molecule has 0 spiro atoms. The summed E-state index contributed by atoms with van der Waals surface area (Å²) >= 11 is 0. The molecule has 1 saturated heterocycles. The predicted molar refractivity (Wildman–Crippen MR) is 118 cm³/mol. The number of amides is 1. The number of nitrogens with one attached hydrogen (secondary N) is 1. The molecular formula is C24H28BF2NO3. The molecule has 1 fully saturated rings. The Labute approximate surface area is 182 Å². The van der Waals surface area contributed by atoms with Crippen LogP contribution < -0.4 is 5.32 Å². The average molecular weight is 427 g/mol. The van der Waals surface area contributed by atoms with E-state index in [-0.39, 0.29) is 12.0 Å². The molecule has 0 saturated carbocycles. The maximum Gasteiger partial charge on any atom is 0.495 e. The van der Waals surface area contributed by atoms with Gasteiger partial charge in [-0.2, -0.15) is 8.78 Å². The second kappa shape index (κ2) is 8.56. The summed E-state index contributed by atoms with van der Waals surface area (Å²) in [6, 6.07) is 17.6. The van der Waals surface area contributed by atoms with Gasteiger partial charge in [0.1, 0.15) is 0 Å². The van der Waals surface area contributed by atoms with E-state index >= 15 is 8.78 Å². The van der Waals surface area contributed by atoms with Crippen LogP contribution in [0.2, 0.25) is 0 Å². The van der Waals surface area contributed by atoms with E-state index in [4.69, 9.17) is 9.31 Å². The lowest BCUT2D eigenvalue weighted by molar-refractivity contribution is -0.140. The van der Waals surface area contributed by atoms with Gasteiger partial charge in [-0.1, -0.05) is 60.7 Å². The van der Waals surface area contributed by atoms with E-state index < -0.39 is 35.7 Å². The molecule has 0 unspecified atom stereocenters. The van der Waals surface area contributed by atoms with Gasteiger partial charge in [-0.25, -0.2) is 0 Å². The molecule has 0 radical (unpaired) electrons. The first-order chi connectivity index (χ1) is 14.5. The Morgan fingerprint density at radius 1 is 0.935 bits per heavy atom. The maximum absolute atomic E-state index is 15.3. The number of rotatable bonds is 6. The van der Waals surface area contributed by atoms with Crippen LogP contribution >= 0.6 is 0 Å². The Morgan fingerprint density at radius 3 is 1.94 bits per heavy atom. The van der Waals surface area contributed by atoms with Crippen LogP contribution in [-0.4, -0.2) is 30.2 Å². The van der Waals surface area contributed by atoms with E-state index in [0.29, 0.717) is 5.56 Å². The summed E-state index contributed by atoms with van der Waals surface area (Å²) in [7, 11) is -1.03. The Morgan fingerprint density at radius 2 is 1.42 bits per heavy atom. The minimum Gasteiger partial charge on any atom is -0.399 e. The van der Waals surface area contributed by atoms with Crippen molar-refractivity contribution in [1.82, 2.24) is 5.32 Å². The molecule has 7 heteroatoms. The summed E-state index contributed by atoms with van der Waals surface area (Å²) in [6.45, 7) is 8.70. The lowest BCUT2D eigenvalue weighted by atomic mass is 9.70. The molecule has 1 amide bonds. The summed E-state index contributed by atoms with van der Waals surface area (Å²) in [5.74, 6) is -5.11. The smallest absolute Gasteiger partial charge is 0.399 e. The number of halogens is 2. The van der Waals surface area contributed by atoms with Crippen LogP contribution in [0.3, 0.4) is 0 Å². The average Bonchev–Trinajstić information content (AvgIpc) is 2.94. The molecule has 1 heterocycles. The normalized spacial score (nSPS) is 18.5. The zero-order valence-electron chi connectivity index (χ0n) is 18.5. The number of hydrogen-bond donors (Lipinski definition) is 1. The second-order valence-electron chi connectivity index (χ2n) is 8.74. The van der Waals surface area contributed by atoms with Crippen molar-refractivity contribution in [2.75, 3.05) is 0 Å². The lowest BCUT2D eigenvalue weighted by Gasteiger charge is -2.32. The lowest BCUT2D eigenvalue weighted by Crippen LogP contribution is -2.42. The standard InChI is InChI=1S/C24H28BF2NO3/c1-17(24(26,27)21(29)28-16-18-12-8-6-9-13-18)20(19-14-10-7-11-15-19)25-30-22(2,3)23(4,5)31-25/h6-15H,16H2,1-5H3,(H,28,29)/b20-17+. The summed E-state index contributed by atoms with van der Waals surface area (Å²) in [5.41, 5.74) is -0.385. The second-order valence-corrected chi connectivity index (χ2v) is 8.74. The van der Waals surface area contributed by atoms with Gasteiger partial charge in [0.25, 0.3) is 5.91 Å². The molecule has 31 heavy (non-hydrogen) atoms. The molecule has 1 aliphatic heterocycles. The summed E-state index contributed by atoms with van der Waals surface area (Å²) in [6.07, 6.45) is 0. The van der Waals surface area contributed by atoms with Crippen LogP contribution in [0.1, 0.15) is 45.7 Å². The number of carbonyl (C=O) groups excluding carboxylic acids is 1. The molecule has 4 nitrogen and oxygen atoms in total. The largest absolute Gasteiger partial charge is 0.495 e. The molecule has 2 aromatic carbocycles. The molecule has 0 aliphatic carbocycles. The third kappa shape index (κ3) is 4.73. The molecule has 0 atom stereocenters. The highest BCUT2D eigenvalue weighted by Crippen LogP contribution is 2.43. The highest BCUT2D eigenvalue weighted by Gasteiger charge is 2.55. The molecule has 1 aliphatic rings. The highest BCUT2D eigenvalue weighted by atomic mass is 19.3. The van der Waals surface area contributed by atoms with Crippen LogP contribution in [0, 0.1) is 0 Å². The van der Waals surface area contributed by atoms with Crippen LogP contribution in [-0.2, 0) is 20.6 Å². The van der Waals surface area contributed by atoms with Crippen molar-refractivity contribution in [1.29, 1.82) is 0 Å². The Balaban J connectivity index is 1.96. The first kappa shape index (κ1) is 23.2. The Bertz CT molecular complexity index is 943. The maximum atomic E-state index is 15.3. The van der Waals surface area contributed by atoms with Crippen LogP contribution in [0.25, 0.3) is 5.47 Å². The SMILES string of the molecule is C/C(=C(\B1OC(C)(C)C(C)(C)O1)c1ccccc1)C(F)(F)C(=O)NCc1ccccc1. The van der Waals surface area contributed by atoms with E-state index in [9.17, 15) is 4.79 Å². The fourth-order valence-electron chi connectivity index (χ4n) is 3.34. The van der Waals surface area contributed by atoms with Gasteiger partial charge >= 0.3 is 13.0 Å². The van der Waals surface area contributed by atoms with Crippen molar-refractivity contribution < 1.29 is 22.9 Å². The number of benzene rings is 2. The van der Waals surface area contributed by atoms with Gasteiger partial charge in [-0.3, -0.25) is 4.79 Å². The van der Waals surface area contributed by atoms with Gasteiger partial charge in [0.15, 0.2) is 0 Å². The van der Waals surface area contributed by atoms with E-state index in [2.05, 4.69) is 5.32 Å². The molecule has 3 rings (SSSR count). The number of carbonyl (C=O) groups is 1. The highest BCUT2D eigenvalue weighted by molar-refractivity contribution is 6.69. The predicted octanol–water partition coefficient (Wildman–Crippen LogP) is 5.04. The number of alkyl halides is 2. The summed E-state index contributed by atoms with van der Waals surface area (Å²) in [4.78, 5) is 12.5. The quantitative estimate of drug-likeness (QED) is 0.657. The van der Waals surface area contributed by atoms with E-state index in [1.165, 1.54) is 6.92 Å². The minimum absolute atomic E-state index is 0.0136. The summed E-state index contributed by atoms with van der Waals surface area (Å²) in [5, 5.41) is 2.34. The Hall–Kier alpha value is -2.51. The fraction of sp³-hybridized carbons (Fsp3) is 0.375. The van der Waals surface area contributed by atoms with Crippen molar-refractivity contribution in [3.63, 3.8) is 0 Å². The van der Waals surface area contributed by atoms with E-state index in [0.717, 1.165) is 5.56 Å². The molecule has 0 aromatic heterocycles. The first-order valence-corrected chi connectivity index (χ1v) is 10.3. The van der Waals surface area contributed by atoms with Crippen LogP contribution in [0.15, 0.2) is 66.2 Å². The van der Waals surface area contributed by atoms with E-state index in [1.54, 1.807) is 54.6 Å². The molecular weight excluding hydrogens is 399 g/mol.